The van der Waals surface area contributed by atoms with Crippen LogP contribution in [0.3, 0.4) is 0 Å². The van der Waals surface area contributed by atoms with Gasteiger partial charge in [0.2, 0.25) is 0 Å². The van der Waals surface area contributed by atoms with Gasteiger partial charge in [-0.3, -0.25) is 4.79 Å². The van der Waals surface area contributed by atoms with E-state index in [9.17, 15) is 4.79 Å². The van der Waals surface area contributed by atoms with E-state index in [1.54, 1.807) is 0 Å². The average molecular weight is 445 g/mol. The minimum Gasteiger partial charge on any atom is -0.465 e. The maximum absolute atomic E-state index is 12.8. The Bertz CT molecular complexity index is 505. The molecule has 0 aliphatic rings. The molecule has 1 rings (SSSR count). The maximum atomic E-state index is 12.8. The van der Waals surface area contributed by atoms with Crippen molar-refractivity contribution in [3.8, 4) is 0 Å². The SMILES string of the molecule is CCCCCCCCCCC(CCCCCCCCCC)C(=O)OCCc1ccccc1. The predicted molar refractivity (Wildman–Crippen MR) is 139 cm³/mol. The smallest absolute Gasteiger partial charge is 0.308 e. The maximum Gasteiger partial charge on any atom is 0.308 e. The molecule has 0 aromatic heterocycles. The molecule has 0 aliphatic heterocycles. The van der Waals surface area contributed by atoms with Gasteiger partial charge in [0.05, 0.1) is 12.5 Å². The molecule has 0 fully saturated rings. The lowest BCUT2D eigenvalue weighted by Crippen LogP contribution is -2.19. The monoisotopic (exact) mass is 444 g/mol. The van der Waals surface area contributed by atoms with E-state index < -0.39 is 0 Å². The highest BCUT2D eigenvalue weighted by atomic mass is 16.5. The van der Waals surface area contributed by atoms with Gasteiger partial charge in [-0.05, 0) is 18.4 Å². The number of benzene rings is 1. The minimum absolute atomic E-state index is 0.0480. The molecule has 0 bridgehead atoms. The summed E-state index contributed by atoms with van der Waals surface area (Å²) in [5, 5.41) is 0. The van der Waals surface area contributed by atoms with Gasteiger partial charge in [-0.1, -0.05) is 147 Å². The molecule has 2 heteroatoms. The highest BCUT2D eigenvalue weighted by molar-refractivity contribution is 5.72. The number of hydrogen-bond acceptors (Lipinski definition) is 2. The van der Waals surface area contributed by atoms with E-state index in [2.05, 4.69) is 26.0 Å². The van der Waals surface area contributed by atoms with Crippen LogP contribution < -0.4 is 0 Å². The highest BCUT2D eigenvalue weighted by Gasteiger charge is 2.19. The molecule has 0 amide bonds. The Morgan fingerprint density at radius 2 is 1.09 bits per heavy atom. The lowest BCUT2D eigenvalue weighted by atomic mass is 9.94. The topological polar surface area (TPSA) is 26.3 Å². The Kier molecular flexibility index (Phi) is 19.3. The Balaban J connectivity index is 2.27. The Labute approximate surface area is 199 Å². The molecular weight excluding hydrogens is 392 g/mol. The third-order valence-electron chi connectivity index (χ3n) is 6.62. The van der Waals surface area contributed by atoms with Crippen molar-refractivity contribution in [1.29, 1.82) is 0 Å². The first-order valence-corrected chi connectivity index (χ1v) is 14.0. The van der Waals surface area contributed by atoms with E-state index in [0.29, 0.717) is 6.61 Å². The molecule has 2 nitrogen and oxygen atoms in total. The second-order valence-corrected chi connectivity index (χ2v) is 9.63. The van der Waals surface area contributed by atoms with Gasteiger partial charge in [-0.25, -0.2) is 0 Å². The predicted octanol–water partition coefficient (Wildman–Crippen LogP) is 9.45. The third-order valence-corrected chi connectivity index (χ3v) is 6.62. The second-order valence-electron chi connectivity index (χ2n) is 9.63. The van der Waals surface area contributed by atoms with Crippen molar-refractivity contribution in [1.82, 2.24) is 0 Å². The van der Waals surface area contributed by atoms with Crippen molar-refractivity contribution in [3.63, 3.8) is 0 Å². The Morgan fingerprint density at radius 1 is 0.656 bits per heavy atom. The lowest BCUT2D eigenvalue weighted by molar-refractivity contribution is -0.149. The van der Waals surface area contributed by atoms with Crippen molar-refractivity contribution >= 4 is 5.97 Å². The van der Waals surface area contributed by atoms with Crippen LogP contribution in [0.2, 0.25) is 0 Å². The zero-order valence-electron chi connectivity index (χ0n) is 21.4. The van der Waals surface area contributed by atoms with Crippen LogP contribution in [0, 0.1) is 5.92 Å². The molecule has 0 saturated carbocycles. The molecule has 1 aromatic carbocycles. The summed E-state index contributed by atoms with van der Waals surface area (Å²) in [6.07, 6.45) is 23.9. The summed E-state index contributed by atoms with van der Waals surface area (Å²) < 4.78 is 5.71. The van der Waals surface area contributed by atoms with Gasteiger partial charge in [0, 0.05) is 6.42 Å². The summed E-state index contributed by atoms with van der Waals surface area (Å²) in [6, 6.07) is 10.3. The van der Waals surface area contributed by atoms with Gasteiger partial charge >= 0.3 is 5.97 Å². The molecule has 0 radical (unpaired) electrons. The standard InChI is InChI=1S/C30H52O2/c1-3-5-7-9-11-13-15-20-24-29(25-21-16-14-12-10-8-6-4-2)30(31)32-27-26-28-22-18-17-19-23-28/h17-19,22-23,29H,3-16,20-21,24-27H2,1-2H3. The number of carbonyl (C=O) groups is 1. The summed E-state index contributed by atoms with van der Waals surface area (Å²) in [4.78, 5) is 12.8. The summed E-state index contributed by atoms with van der Waals surface area (Å²) in [7, 11) is 0. The first kappa shape index (κ1) is 28.7. The van der Waals surface area contributed by atoms with Crippen molar-refractivity contribution < 1.29 is 9.53 Å². The fourth-order valence-electron chi connectivity index (χ4n) is 4.46. The highest BCUT2D eigenvalue weighted by Crippen LogP contribution is 2.21. The molecule has 0 atom stereocenters. The fourth-order valence-corrected chi connectivity index (χ4v) is 4.46. The average Bonchev–Trinajstić information content (AvgIpc) is 2.81. The molecule has 0 aliphatic carbocycles. The molecule has 1 aromatic rings. The van der Waals surface area contributed by atoms with Crippen LogP contribution in [0.25, 0.3) is 0 Å². The quantitative estimate of drug-likeness (QED) is 0.131. The number of unbranched alkanes of at least 4 members (excludes halogenated alkanes) is 14. The first-order chi connectivity index (χ1) is 15.8. The number of rotatable bonds is 22. The third kappa shape index (κ3) is 16.3. The summed E-state index contributed by atoms with van der Waals surface area (Å²) in [5.74, 6) is 0.151. The lowest BCUT2D eigenvalue weighted by Gasteiger charge is -2.16. The molecule has 0 unspecified atom stereocenters. The second kappa shape index (κ2) is 21.5. The summed E-state index contributed by atoms with van der Waals surface area (Å²) >= 11 is 0. The Morgan fingerprint density at radius 3 is 1.56 bits per heavy atom. The molecule has 0 saturated heterocycles. The largest absolute Gasteiger partial charge is 0.465 e. The summed E-state index contributed by atoms with van der Waals surface area (Å²) in [6.45, 7) is 5.05. The van der Waals surface area contributed by atoms with Gasteiger partial charge in [-0.2, -0.15) is 0 Å². The van der Waals surface area contributed by atoms with Crippen molar-refractivity contribution in [2.45, 2.75) is 136 Å². The molecule has 184 valence electrons. The van der Waals surface area contributed by atoms with Crippen LogP contribution in [0.4, 0.5) is 0 Å². The van der Waals surface area contributed by atoms with E-state index in [0.717, 1.165) is 19.3 Å². The number of esters is 1. The zero-order valence-corrected chi connectivity index (χ0v) is 21.4. The van der Waals surface area contributed by atoms with Gasteiger partial charge in [0.15, 0.2) is 0 Å². The number of ether oxygens (including phenoxy) is 1. The van der Waals surface area contributed by atoms with E-state index in [1.165, 1.54) is 108 Å². The molecule has 32 heavy (non-hydrogen) atoms. The van der Waals surface area contributed by atoms with Gasteiger partial charge in [0.25, 0.3) is 0 Å². The van der Waals surface area contributed by atoms with Crippen LogP contribution in [-0.2, 0) is 16.0 Å². The van der Waals surface area contributed by atoms with E-state index in [4.69, 9.17) is 4.74 Å². The van der Waals surface area contributed by atoms with E-state index in [1.807, 2.05) is 18.2 Å². The van der Waals surface area contributed by atoms with E-state index in [-0.39, 0.29) is 11.9 Å². The first-order valence-electron chi connectivity index (χ1n) is 14.0. The normalized spacial score (nSPS) is 11.2. The van der Waals surface area contributed by atoms with Gasteiger partial charge in [-0.15, -0.1) is 0 Å². The zero-order chi connectivity index (χ0) is 23.1. The van der Waals surface area contributed by atoms with Crippen LogP contribution in [-0.4, -0.2) is 12.6 Å². The molecule has 0 heterocycles. The van der Waals surface area contributed by atoms with Crippen LogP contribution in [0.1, 0.15) is 135 Å². The van der Waals surface area contributed by atoms with Gasteiger partial charge in [0.1, 0.15) is 0 Å². The fraction of sp³-hybridized carbons (Fsp3) is 0.767. The molecule has 0 spiro atoms. The van der Waals surface area contributed by atoms with Crippen LogP contribution in [0.15, 0.2) is 30.3 Å². The van der Waals surface area contributed by atoms with Crippen molar-refractivity contribution in [2.75, 3.05) is 6.61 Å². The van der Waals surface area contributed by atoms with Crippen LogP contribution in [0.5, 0.6) is 0 Å². The molecule has 0 N–H and O–H groups in total. The number of hydrogen-bond donors (Lipinski definition) is 0. The molecular formula is C30H52O2. The van der Waals surface area contributed by atoms with Gasteiger partial charge < -0.3 is 4.74 Å². The van der Waals surface area contributed by atoms with E-state index >= 15 is 0 Å². The van der Waals surface area contributed by atoms with Crippen molar-refractivity contribution in [3.05, 3.63) is 35.9 Å². The van der Waals surface area contributed by atoms with Crippen molar-refractivity contribution in [2.24, 2.45) is 5.92 Å². The minimum atomic E-state index is 0.0480. The summed E-state index contributed by atoms with van der Waals surface area (Å²) in [5.41, 5.74) is 1.24. The Hall–Kier alpha value is -1.31. The van der Waals surface area contributed by atoms with Crippen LogP contribution >= 0.6 is 0 Å². The number of carbonyl (C=O) groups excluding carboxylic acids is 1.